The monoisotopic (exact) mass is 290 g/mol. The zero-order valence-corrected chi connectivity index (χ0v) is 12.8. The molecule has 0 spiro atoms. The summed E-state index contributed by atoms with van der Waals surface area (Å²) in [5, 5.41) is 0. The molecule has 0 bridgehead atoms. The fourth-order valence-corrected chi connectivity index (χ4v) is 2.81. The minimum Gasteiger partial charge on any atom is -0.491 e. The third-order valence-electron chi connectivity index (χ3n) is 3.81. The predicted octanol–water partition coefficient (Wildman–Crippen LogP) is 3.10. The van der Waals surface area contributed by atoms with E-state index in [0.717, 1.165) is 24.2 Å². The largest absolute Gasteiger partial charge is 0.491 e. The number of ketones is 1. The molecule has 0 amide bonds. The lowest BCUT2D eigenvalue weighted by atomic mass is 9.77. The fourth-order valence-electron chi connectivity index (χ4n) is 2.81. The molecule has 1 saturated carbocycles. The summed E-state index contributed by atoms with van der Waals surface area (Å²) < 4.78 is 10.3. The molecule has 0 N–H and O–H groups in total. The Hall–Kier alpha value is -1.84. The van der Waals surface area contributed by atoms with Crippen LogP contribution in [0, 0.1) is 5.92 Å². The van der Waals surface area contributed by atoms with Crippen LogP contribution in [0.4, 0.5) is 0 Å². The highest BCUT2D eigenvalue weighted by molar-refractivity contribution is 6.02. The Balaban J connectivity index is 2.13. The van der Waals surface area contributed by atoms with E-state index in [-0.39, 0.29) is 17.8 Å². The first kappa shape index (κ1) is 15.5. The highest BCUT2D eigenvalue weighted by atomic mass is 16.5. The highest BCUT2D eigenvalue weighted by Gasteiger charge is 2.37. The highest BCUT2D eigenvalue weighted by Crippen LogP contribution is 2.34. The van der Waals surface area contributed by atoms with Gasteiger partial charge in [0.15, 0.2) is 5.78 Å². The van der Waals surface area contributed by atoms with Crippen molar-refractivity contribution < 1.29 is 19.1 Å². The van der Waals surface area contributed by atoms with Crippen LogP contribution in [0.3, 0.4) is 0 Å². The number of methoxy groups -OCH3 is 1. The Morgan fingerprint density at radius 3 is 2.43 bits per heavy atom. The van der Waals surface area contributed by atoms with Gasteiger partial charge < -0.3 is 9.47 Å². The van der Waals surface area contributed by atoms with Gasteiger partial charge in [-0.15, -0.1) is 0 Å². The lowest BCUT2D eigenvalue weighted by molar-refractivity contribution is -0.151. The van der Waals surface area contributed by atoms with E-state index in [1.807, 2.05) is 38.1 Å². The average molecular weight is 290 g/mol. The lowest BCUT2D eigenvalue weighted by Gasteiger charge is -2.26. The quantitative estimate of drug-likeness (QED) is 0.631. The third-order valence-corrected chi connectivity index (χ3v) is 3.81. The minimum atomic E-state index is -0.611. The van der Waals surface area contributed by atoms with Crippen molar-refractivity contribution in [3.63, 3.8) is 0 Å². The number of esters is 1. The first-order valence-corrected chi connectivity index (χ1v) is 7.41. The van der Waals surface area contributed by atoms with Crippen LogP contribution in [-0.2, 0) is 14.3 Å². The summed E-state index contributed by atoms with van der Waals surface area (Å²) >= 11 is 0. The van der Waals surface area contributed by atoms with Gasteiger partial charge in [0.2, 0.25) is 0 Å². The van der Waals surface area contributed by atoms with Gasteiger partial charge in [-0.25, -0.2) is 0 Å². The molecule has 0 aliphatic heterocycles. The molecule has 1 aromatic carbocycles. The van der Waals surface area contributed by atoms with Crippen LogP contribution in [-0.4, -0.2) is 25.0 Å². The van der Waals surface area contributed by atoms with Gasteiger partial charge in [0.25, 0.3) is 0 Å². The zero-order chi connectivity index (χ0) is 15.4. The number of benzene rings is 1. The molecular formula is C17H22O4. The van der Waals surface area contributed by atoms with Crippen LogP contribution in [0.15, 0.2) is 24.3 Å². The van der Waals surface area contributed by atoms with E-state index in [4.69, 9.17) is 9.47 Å². The Morgan fingerprint density at radius 1 is 1.19 bits per heavy atom. The van der Waals surface area contributed by atoms with Crippen molar-refractivity contribution in [2.75, 3.05) is 7.11 Å². The maximum Gasteiger partial charge on any atom is 0.316 e. The number of carbonyl (C=O) groups is 2. The first-order valence-electron chi connectivity index (χ1n) is 7.41. The summed E-state index contributed by atoms with van der Waals surface area (Å²) in [5.74, 6) is -0.465. The summed E-state index contributed by atoms with van der Waals surface area (Å²) in [6.07, 6.45) is 2.36. The summed E-state index contributed by atoms with van der Waals surface area (Å²) in [6.45, 7) is 3.94. The number of Topliss-reactive ketones (excluding diaryl/α,β-unsaturated/α-hetero) is 1. The van der Waals surface area contributed by atoms with Gasteiger partial charge in [-0.3, -0.25) is 9.59 Å². The van der Waals surface area contributed by atoms with Gasteiger partial charge in [-0.1, -0.05) is 18.6 Å². The molecule has 1 fully saturated rings. The zero-order valence-electron chi connectivity index (χ0n) is 12.8. The van der Waals surface area contributed by atoms with Crippen molar-refractivity contribution in [2.45, 2.75) is 45.1 Å². The molecule has 21 heavy (non-hydrogen) atoms. The van der Waals surface area contributed by atoms with Gasteiger partial charge in [-0.2, -0.15) is 0 Å². The van der Waals surface area contributed by atoms with Crippen molar-refractivity contribution in [3.05, 3.63) is 29.8 Å². The molecule has 4 nitrogen and oxygen atoms in total. The Bertz CT molecular complexity index is 504. The molecule has 1 aliphatic rings. The second-order valence-corrected chi connectivity index (χ2v) is 5.70. The van der Waals surface area contributed by atoms with Crippen molar-refractivity contribution in [2.24, 2.45) is 5.92 Å². The standard InChI is InChI=1S/C17H22O4/c1-11(2)21-13-9-7-12(8-10-13)14-5-4-6-15(16(14)18)17(19)20-3/h7-11,14-15H,4-6H2,1-3H3. The second kappa shape index (κ2) is 6.74. The smallest absolute Gasteiger partial charge is 0.316 e. The van der Waals surface area contributed by atoms with Gasteiger partial charge in [-0.05, 0) is 44.4 Å². The third kappa shape index (κ3) is 3.63. The van der Waals surface area contributed by atoms with Gasteiger partial charge in [0.1, 0.15) is 11.7 Å². The topological polar surface area (TPSA) is 52.6 Å². The number of rotatable bonds is 4. The van der Waals surface area contributed by atoms with Gasteiger partial charge in [0.05, 0.1) is 13.2 Å². The van der Waals surface area contributed by atoms with Crippen molar-refractivity contribution in [1.82, 2.24) is 0 Å². The number of ether oxygens (including phenoxy) is 2. The Labute approximate surface area is 125 Å². The van der Waals surface area contributed by atoms with Crippen LogP contribution in [0.2, 0.25) is 0 Å². The molecule has 1 aliphatic carbocycles. The van der Waals surface area contributed by atoms with E-state index in [0.29, 0.717) is 6.42 Å². The number of hydrogen-bond acceptors (Lipinski definition) is 4. The summed E-state index contributed by atoms with van der Waals surface area (Å²) in [5.41, 5.74) is 0.949. The van der Waals surface area contributed by atoms with E-state index in [1.165, 1.54) is 7.11 Å². The van der Waals surface area contributed by atoms with Crippen LogP contribution in [0.5, 0.6) is 5.75 Å². The fraction of sp³-hybridized carbons (Fsp3) is 0.529. The number of hydrogen-bond donors (Lipinski definition) is 0. The molecule has 114 valence electrons. The number of carbonyl (C=O) groups excluding carboxylic acids is 2. The maximum absolute atomic E-state index is 12.5. The second-order valence-electron chi connectivity index (χ2n) is 5.70. The molecule has 0 radical (unpaired) electrons. The van der Waals surface area contributed by atoms with Crippen LogP contribution in [0.25, 0.3) is 0 Å². The van der Waals surface area contributed by atoms with E-state index >= 15 is 0 Å². The molecule has 2 atom stereocenters. The van der Waals surface area contributed by atoms with Crippen molar-refractivity contribution >= 4 is 11.8 Å². The van der Waals surface area contributed by atoms with Crippen LogP contribution >= 0.6 is 0 Å². The Kier molecular flexibility index (Phi) is 4.99. The van der Waals surface area contributed by atoms with E-state index in [2.05, 4.69) is 0 Å². The predicted molar refractivity (Wildman–Crippen MR) is 79.3 cm³/mol. The molecule has 0 aromatic heterocycles. The maximum atomic E-state index is 12.5. The summed E-state index contributed by atoms with van der Waals surface area (Å²) in [6, 6.07) is 7.59. The summed E-state index contributed by atoms with van der Waals surface area (Å²) in [4.78, 5) is 24.1. The SMILES string of the molecule is COC(=O)C1CCCC(c2ccc(OC(C)C)cc2)C1=O. The van der Waals surface area contributed by atoms with E-state index in [9.17, 15) is 9.59 Å². The van der Waals surface area contributed by atoms with Gasteiger partial charge in [0, 0.05) is 5.92 Å². The van der Waals surface area contributed by atoms with Crippen LogP contribution < -0.4 is 4.74 Å². The Morgan fingerprint density at radius 2 is 1.86 bits per heavy atom. The molecule has 2 rings (SSSR count). The minimum absolute atomic E-state index is 0.0226. The van der Waals surface area contributed by atoms with E-state index in [1.54, 1.807) is 0 Å². The molecule has 1 aromatic rings. The lowest BCUT2D eigenvalue weighted by Crippen LogP contribution is -2.33. The molecular weight excluding hydrogens is 268 g/mol. The first-order chi connectivity index (χ1) is 10.0. The van der Waals surface area contributed by atoms with Crippen molar-refractivity contribution in [3.8, 4) is 5.75 Å². The summed E-state index contributed by atoms with van der Waals surface area (Å²) in [7, 11) is 1.33. The van der Waals surface area contributed by atoms with Crippen molar-refractivity contribution in [1.29, 1.82) is 0 Å². The van der Waals surface area contributed by atoms with Gasteiger partial charge >= 0.3 is 5.97 Å². The molecule has 0 saturated heterocycles. The average Bonchev–Trinajstić information content (AvgIpc) is 2.47. The molecule has 4 heteroatoms. The van der Waals surface area contributed by atoms with Crippen LogP contribution in [0.1, 0.15) is 44.6 Å². The molecule has 2 unspecified atom stereocenters. The van der Waals surface area contributed by atoms with E-state index < -0.39 is 11.9 Å². The normalized spacial score (nSPS) is 22.2. The molecule has 0 heterocycles.